The number of carbonyl (C=O) groups excluding carboxylic acids is 2. The van der Waals surface area contributed by atoms with Crippen molar-refractivity contribution in [2.45, 2.75) is 128 Å². The molecule has 2 aliphatic heterocycles. The Balaban J connectivity index is 0.956. The van der Waals surface area contributed by atoms with Crippen LogP contribution in [0, 0.1) is 11.8 Å². The first-order valence-corrected chi connectivity index (χ1v) is 19.1. The third kappa shape index (κ3) is 6.72. The fraction of sp³-hybridized carbons (Fsp3) is 0.524. The van der Waals surface area contributed by atoms with E-state index >= 15 is 0 Å². The number of benzene rings is 2. The van der Waals surface area contributed by atoms with Crippen LogP contribution in [-0.2, 0) is 9.47 Å². The summed E-state index contributed by atoms with van der Waals surface area (Å²) in [5.41, 5.74) is 5.11. The lowest BCUT2D eigenvalue weighted by molar-refractivity contribution is 0.00593. The zero-order valence-corrected chi connectivity index (χ0v) is 31.3. The Morgan fingerprint density at radius 1 is 0.635 bits per heavy atom. The van der Waals surface area contributed by atoms with E-state index in [1.54, 1.807) is 0 Å². The highest BCUT2D eigenvalue weighted by atomic mass is 16.6. The van der Waals surface area contributed by atoms with Crippen LogP contribution < -0.4 is 0 Å². The van der Waals surface area contributed by atoms with Crippen molar-refractivity contribution in [1.29, 1.82) is 0 Å². The summed E-state index contributed by atoms with van der Waals surface area (Å²) in [6, 6.07) is 17.2. The van der Waals surface area contributed by atoms with Gasteiger partial charge >= 0.3 is 12.2 Å². The van der Waals surface area contributed by atoms with Crippen molar-refractivity contribution in [3.8, 4) is 33.6 Å². The summed E-state index contributed by atoms with van der Waals surface area (Å²) in [7, 11) is 0. The van der Waals surface area contributed by atoms with Gasteiger partial charge in [-0.15, -0.1) is 0 Å². The Labute approximate surface area is 306 Å². The third-order valence-corrected chi connectivity index (χ3v) is 11.4. The number of imidazole rings is 2. The minimum Gasteiger partial charge on any atom is -0.444 e. The Hall–Kier alpha value is -4.60. The van der Waals surface area contributed by atoms with Crippen molar-refractivity contribution in [3.05, 3.63) is 72.6 Å². The zero-order valence-electron chi connectivity index (χ0n) is 31.3. The van der Waals surface area contributed by atoms with Gasteiger partial charge in [0, 0.05) is 12.1 Å². The van der Waals surface area contributed by atoms with Crippen LogP contribution in [0.1, 0.15) is 117 Å². The highest BCUT2D eigenvalue weighted by molar-refractivity contribution is 5.73. The Kier molecular flexibility index (Phi) is 8.70. The van der Waals surface area contributed by atoms with Crippen molar-refractivity contribution in [2.75, 3.05) is 0 Å². The molecule has 2 N–H and O–H groups in total. The molecular formula is C42H52N6O4. The van der Waals surface area contributed by atoms with Gasteiger partial charge in [-0.1, -0.05) is 61.4 Å². The molecule has 4 unspecified atom stereocenters. The second kappa shape index (κ2) is 13.1. The first kappa shape index (κ1) is 34.5. The number of ether oxygens (including phenoxy) is 2. The van der Waals surface area contributed by atoms with Crippen LogP contribution in [0.4, 0.5) is 9.59 Å². The number of hydrogen-bond acceptors (Lipinski definition) is 6. The number of amides is 2. The van der Waals surface area contributed by atoms with E-state index in [1.807, 2.05) is 63.7 Å². The van der Waals surface area contributed by atoms with E-state index in [0.717, 1.165) is 90.2 Å². The predicted molar refractivity (Wildman–Crippen MR) is 200 cm³/mol. The zero-order chi connectivity index (χ0) is 36.4. The molecule has 2 saturated heterocycles. The van der Waals surface area contributed by atoms with Gasteiger partial charge in [-0.05, 0) is 114 Å². The van der Waals surface area contributed by atoms with Gasteiger partial charge in [-0.3, -0.25) is 9.80 Å². The van der Waals surface area contributed by atoms with Crippen LogP contribution >= 0.6 is 0 Å². The topological polar surface area (TPSA) is 116 Å². The van der Waals surface area contributed by atoms with E-state index in [-0.39, 0.29) is 36.4 Å². The molecule has 2 bridgehead atoms. The standard InChI is InChI=1S/C42H52N6O4/c1-41(2,3)51-39(49)47-31-20-19-30(21-31)36(47)38-44-24-33(46-38)28-17-13-26(14-18-28)25-11-15-27(16-12-25)32-23-43-37(45-32)35-22-29-9-7-8-10-34(29)48(35)40(50)52-42(4,5)6/h11-18,23-24,29-31,34-36H,7-10,19-22H2,1-6H3,(H,43,45)(H,44,46)/t29?,30?,31?,34?,35-,36-/m0/s1. The van der Waals surface area contributed by atoms with Crippen molar-refractivity contribution in [3.63, 3.8) is 0 Å². The smallest absolute Gasteiger partial charge is 0.411 e. The molecule has 2 aromatic carbocycles. The van der Waals surface area contributed by atoms with Crippen LogP contribution in [0.15, 0.2) is 60.9 Å². The summed E-state index contributed by atoms with van der Waals surface area (Å²) in [5.74, 6) is 2.54. The largest absolute Gasteiger partial charge is 0.444 e. The monoisotopic (exact) mass is 704 g/mol. The van der Waals surface area contributed by atoms with E-state index < -0.39 is 11.2 Å². The van der Waals surface area contributed by atoms with E-state index in [0.29, 0.717) is 11.8 Å². The average Bonchev–Trinajstić information content (AvgIpc) is 3.94. The normalized spacial score (nSPS) is 25.7. The molecule has 2 aromatic heterocycles. The summed E-state index contributed by atoms with van der Waals surface area (Å²) < 4.78 is 11.7. The van der Waals surface area contributed by atoms with Gasteiger partial charge in [-0.2, -0.15) is 0 Å². The summed E-state index contributed by atoms with van der Waals surface area (Å²) in [6.07, 6.45) is 11.9. The SMILES string of the molecule is CC(C)(C)OC(=O)N1C2CCC(C2)[C@H]1c1ncc(-c2ccc(-c3ccc(-c4cnc([C@@H]5CC6CCCCC6N5C(=O)OC(C)(C)C)[nH]4)cc3)cc2)[nH]1. The molecular weight excluding hydrogens is 652 g/mol. The van der Waals surface area contributed by atoms with Crippen LogP contribution in [-0.4, -0.2) is 65.2 Å². The molecule has 10 nitrogen and oxygen atoms in total. The Bertz CT molecular complexity index is 1920. The molecule has 0 radical (unpaired) electrons. The maximum Gasteiger partial charge on any atom is 0.411 e. The number of likely N-dealkylation sites (tertiary alicyclic amines) is 2. The van der Waals surface area contributed by atoms with Gasteiger partial charge < -0.3 is 19.4 Å². The third-order valence-electron chi connectivity index (χ3n) is 11.4. The molecule has 4 aliphatic rings. The first-order chi connectivity index (χ1) is 24.8. The quantitative estimate of drug-likeness (QED) is 0.214. The molecule has 52 heavy (non-hydrogen) atoms. The van der Waals surface area contributed by atoms with E-state index in [4.69, 9.17) is 19.4 Å². The highest BCUT2D eigenvalue weighted by Crippen LogP contribution is 2.50. The maximum absolute atomic E-state index is 13.4. The molecule has 2 aliphatic carbocycles. The molecule has 8 rings (SSSR count). The van der Waals surface area contributed by atoms with Gasteiger partial charge in [0.25, 0.3) is 0 Å². The lowest BCUT2D eigenvalue weighted by Gasteiger charge is -2.35. The Morgan fingerprint density at radius 3 is 1.75 bits per heavy atom. The number of nitrogens with zero attached hydrogens (tertiary/aromatic N) is 4. The Morgan fingerprint density at radius 2 is 1.15 bits per heavy atom. The van der Waals surface area contributed by atoms with Crippen LogP contribution in [0.5, 0.6) is 0 Å². The predicted octanol–water partition coefficient (Wildman–Crippen LogP) is 9.84. The number of nitrogens with one attached hydrogen (secondary N) is 2. The number of aromatic nitrogens is 4. The van der Waals surface area contributed by atoms with Crippen molar-refractivity contribution < 1.29 is 19.1 Å². The molecule has 10 heteroatoms. The van der Waals surface area contributed by atoms with Gasteiger partial charge in [0.2, 0.25) is 0 Å². The fourth-order valence-electron chi connectivity index (χ4n) is 9.17. The molecule has 4 heterocycles. The van der Waals surface area contributed by atoms with Crippen molar-refractivity contribution >= 4 is 12.2 Å². The summed E-state index contributed by atoms with van der Waals surface area (Å²) >= 11 is 0. The van der Waals surface area contributed by atoms with Crippen LogP contribution in [0.2, 0.25) is 0 Å². The van der Waals surface area contributed by atoms with Gasteiger partial charge in [0.15, 0.2) is 0 Å². The second-order valence-electron chi connectivity index (χ2n) is 17.3. The molecule has 0 spiro atoms. The highest BCUT2D eigenvalue weighted by Gasteiger charge is 2.51. The molecule has 6 atom stereocenters. The minimum atomic E-state index is -0.546. The molecule has 4 fully saturated rings. The number of fused-ring (bicyclic) bond motifs is 3. The van der Waals surface area contributed by atoms with Crippen molar-refractivity contribution in [2.24, 2.45) is 11.8 Å². The lowest BCUT2D eigenvalue weighted by atomic mass is 9.85. The van der Waals surface area contributed by atoms with E-state index in [2.05, 4.69) is 58.5 Å². The minimum absolute atomic E-state index is 0.0858. The van der Waals surface area contributed by atoms with Gasteiger partial charge in [-0.25, -0.2) is 19.6 Å². The number of rotatable bonds is 5. The number of piperidine rings is 1. The van der Waals surface area contributed by atoms with E-state index in [9.17, 15) is 9.59 Å². The molecule has 274 valence electrons. The van der Waals surface area contributed by atoms with Crippen LogP contribution in [0.25, 0.3) is 33.6 Å². The van der Waals surface area contributed by atoms with Gasteiger partial charge in [0.1, 0.15) is 22.9 Å². The first-order valence-electron chi connectivity index (χ1n) is 19.1. The second-order valence-corrected chi connectivity index (χ2v) is 17.3. The summed E-state index contributed by atoms with van der Waals surface area (Å²) in [6.45, 7) is 11.5. The summed E-state index contributed by atoms with van der Waals surface area (Å²) in [5, 5.41) is 0. The lowest BCUT2D eigenvalue weighted by Crippen LogP contribution is -2.43. The number of aromatic amines is 2. The fourth-order valence-corrected chi connectivity index (χ4v) is 9.17. The average molecular weight is 705 g/mol. The van der Waals surface area contributed by atoms with Crippen molar-refractivity contribution in [1.82, 2.24) is 29.7 Å². The van der Waals surface area contributed by atoms with E-state index in [1.165, 1.54) is 6.42 Å². The molecule has 2 amide bonds. The number of hydrogen-bond donors (Lipinski definition) is 2. The van der Waals surface area contributed by atoms with Crippen LogP contribution in [0.3, 0.4) is 0 Å². The maximum atomic E-state index is 13.4. The molecule has 2 saturated carbocycles. The number of H-pyrrole nitrogens is 2. The number of carbonyl (C=O) groups is 2. The summed E-state index contributed by atoms with van der Waals surface area (Å²) in [4.78, 5) is 47.2. The van der Waals surface area contributed by atoms with Gasteiger partial charge in [0.05, 0.1) is 35.9 Å². The molecule has 4 aromatic rings.